The summed E-state index contributed by atoms with van der Waals surface area (Å²) in [5.74, 6) is 0.106. The maximum absolute atomic E-state index is 11.1. The Balaban J connectivity index is 2.73. The Morgan fingerprint density at radius 3 is 2.47 bits per heavy atom. The number of ether oxygens (including phenoxy) is 1. The topological polar surface area (TPSA) is 72.5 Å². The van der Waals surface area contributed by atoms with Crippen LogP contribution in [0.4, 0.5) is 0 Å². The SMILES string of the molecule is CC(C)/C=C(\Cc1ccc(OCCN)cc1)C(=O)O. The quantitative estimate of drug-likeness (QED) is 0.740. The minimum Gasteiger partial charge on any atom is -0.492 e. The van der Waals surface area contributed by atoms with E-state index in [4.69, 9.17) is 15.6 Å². The van der Waals surface area contributed by atoms with Crippen LogP contribution in [0.2, 0.25) is 0 Å². The molecular formula is C15H21NO3. The third kappa shape index (κ3) is 5.57. The second-order valence-electron chi connectivity index (χ2n) is 4.70. The molecule has 0 unspecified atom stereocenters. The lowest BCUT2D eigenvalue weighted by Crippen LogP contribution is -2.10. The molecule has 0 aliphatic rings. The van der Waals surface area contributed by atoms with Crippen molar-refractivity contribution in [1.29, 1.82) is 0 Å². The summed E-state index contributed by atoms with van der Waals surface area (Å²) in [6.07, 6.45) is 2.20. The molecule has 0 aromatic heterocycles. The van der Waals surface area contributed by atoms with Gasteiger partial charge in [-0.1, -0.05) is 32.1 Å². The van der Waals surface area contributed by atoms with Crippen molar-refractivity contribution in [1.82, 2.24) is 0 Å². The second kappa shape index (κ2) is 7.59. The van der Waals surface area contributed by atoms with E-state index in [0.717, 1.165) is 11.3 Å². The van der Waals surface area contributed by atoms with Crippen LogP contribution in [-0.2, 0) is 11.2 Å². The molecule has 1 rings (SSSR count). The molecule has 0 aliphatic heterocycles. The highest BCUT2D eigenvalue weighted by atomic mass is 16.5. The lowest BCUT2D eigenvalue weighted by atomic mass is 10.0. The molecule has 4 heteroatoms. The lowest BCUT2D eigenvalue weighted by molar-refractivity contribution is -0.132. The summed E-state index contributed by atoms with van der Waals surface area (Å²) in [4.78, 5) is 11.1. The van der Waals surface area contributed by atoms with E-state index >= 15 is 0 Å². The van der Waals surface area contributed by atoms with E-state index in [0.29, 0.717) is 25.1 Å². The number of carbonyl (C=O) groups is 1. The van der Waals surface area contributed by atoms with Crippen molar-refractivity contribution in [2.75, 3.05) is 13.2 Å². The smallest absolute Gasteiger partial charge is 0.331 e. The van der Waals surface area contributed by atoms with E-state index in [1.54, 1.807) is 6.08 Å². The standard InChI is InChI=1S/C15H21NO3/c1-11(2)9-13(15(17)18)10-12-3-5-14(6-4-12)19-8-7-16/h3-6,9,11H,7-8,10,16H2,1-2H3,(H,17,18)/b13-9+. The van der Waals surface area contributed by atoms with Crippen LogP contribution in [0.3, 0.4) is 0 Å². The number of carboxylic acid groups (broad SMARTS) is 1. The molecule has 1 aromatic rings. The molecule has 1 aromatic carbocycles. The number of carboxylic acids is 1. The Morgan fingerprint density at radius 1 is 1.37 bits per heavy atom. The zero-order valence-corrected chi connectivity index (χ0v) is 11.4. The van der Waals surface area contributed by atoms with Gasteiger partial charge in [0.1, 0.15) is 12.4 Å². The molecule has 0 aliphatic carbocycles. The van der Waals surface area contributed by atoms with Crippen LogP contribution < -0.4 is 10.5 Å². The molecule has 0 saturated carbocycles. The minimum absolute atomic E-state index is 0.221. The summed E-state index contributed by atoms with van der Waals surface area (Å²) in [6.45, 7) is 4.88. The first-order chi connectivity index (χ1) is 9.02. The fourth-order valence-corrected chi connectivity index (χ4v) is 1.71. The number of hydrogen-bond acceptors (Lipinski definition) is 3. The molecule has 104 valence electrons. The molecular weight excluding hydrogens is 242 g/mol. The number of allylic oxidation sites excluding steroid dienone is 1. The van der Waals surface area contributed by atoms with Crippen LogP contribution in [0.15, 0.2) is 35.9 Å². The monoisotopic (exact) mass is 263 g/mol. The Hall–Kier alpha value is -1.81. The zero-order valence-electron chi connectivity index (χ0n) is 11.4. The van der Waals surface area contributed by atoms with Gasteiger partial charge in [-0.05, 0) is 23.6 Å². The van der Waals surface area contributed by atoms with Crippen LogP contribution in [-0.4, -0.2) is 24.2 Å². The summed E-state index contributed by atoms with van der Waals surface area (Å²) in [6, 6.07) is 7.42. The summed E-state index contributed by atoms with van der Waals surface area (Å²) in [5, 5.41) is 9.15. The fourth-order valence-electron chi connectivity index (χ4n) is 1.71. The number of rotatable bonds is 7. The van der Waals surface area contributed by atoms with Gasteiger partial charge in [0.25, 0.3) is 0 Å². The van der Waals surface area contributed by atoms with Crippen LogP contribution in [0.5, 0.6) is 5.75 Å². The predicted octanol–water partition coefficient (Wildman–Crippen LogP) is 2.23. The van der Waals surface area contributed by atoms with Crippen molar-refractivity contribution in [2.45, 2.75) is 20.3 Å². The summed E-state index contributed by atoms with van der Waals surface area (Å²) in [7, 11) is 0. The lowest BCUT2D eigenvalue weighted by Gasteiger charge is -2.07. The summed E-state index contributed by atoms with van der Waals surface area (Å²) < 4.78 is 5.37. The first-order valence-corrected chi connectivity index (χ1v) is 6.38. The van der Waals surface area contributed by atoms with Gasteiger partial charge in [-0.15, -0.1) is 0 Å². The van der Waals surface area contributed by atoms with Crippen molar-refractivity contribution in [3.8, 4) is 5.75 Å². The van der Waals surface area contributed by atoms with Gasteiger partial charge in [0, 0.05) is 18.5 Å². The molecule has 0 heterocycles. The van der Waals surface area contributed by atoms with Crippen molar-refractivity contribution in [2.24, 2.45) is 11.7 Å². The van der Waals surface area contributed by atoms with E-state index in [1.165, 1.54) is 0 Å². The van der Waals surface area contributed by atoms with Gasteiger partial charge >= 0.3 is 5.97 Å². The Bertz CT molecular complexity index is 435. The highest BCUT2D eigenvalue weighted by Gasteiger charge is 2.09. The van der Waals surface area contributed by atoms with Crippen molar-refractivity contribution in [3.05, 3.63) is 41.5 Å². The molecule has 0 spiro atoms. The third-order valence-electron chi connectivity index (χ3n) is 2.51. The average Bonchev–Trinajstić information content (AvgIpc) is 2.36. The van der Waals surface area contributed by atoms with Crippen molar-refractivity contribution >= 4 is 5.97 Å². The van der Waals surface area contributed by atoms with E-state index in [1.807, 2.05) is 38.1 Å². The predicted molar refractivity (Wildman–Crippen MR) is 75.3 cm³/mol. The first kappa shape index (κ1) is 15.2. The van der Waals surface area contributed by atoms with Gasteiger partial charge in [0.05, 0.1) is 0 Å². The molecule has 0 fully saturated rings. The zero-order chi connectivity index (χ0) is 14.3. The van der Waals surface area contributed by atoms with E-state index in [2.05, 4.69) is 0 Å². The third-order valence-corrected chi connectivity index (χ3v) is 2.51. The average molecular weight is 263 g/mol. The first-order valence-electron chi connectivity index (χ1n) is 6.38. The Kier molecular flexibility index (Phi) is 6.09. The highest BCUT2D eigenvalue weighted by Crippen LogP contribution is 2.16. The van der Waals surface area contributed by atoms with Crippen molar-refractivity contribution < 1.29 is 14.6 Å². The number of aliphatic carboxylic acids is 1. The maximum Gasteiger partial charge on any atom is 0.331 e. The van der Waals surface area contributed by atoms with Crippen LogP contribution in [0.25, 0.3) is 0 Å². The molecule has 0 radical (unpaired) electrons. The van der Waals surface area contributed by atoms with Gasteiger partial charge in [-0.3, -0.25) is 0 Å². The molecule has 0 atom stereocenters. The molecule has 19 heavy (non-hydrogen) atoms. The van der Waals surface area contributed by atoms with Gasteiger partial charge in [-0.25, -0.2) is 4.79 Å². The van der Waals surface area contributed by atoms with Gasteiger partial charge in [0.2, 0.25) is 0 Å². The Morgan fingerprint density at radius 2 is 2.00 bits per heavy atom. The van der Waals surface area contributed by atoms with Gasteiger partial charge < -0.3 is 15.6 Å². The molecule has 0 amide bonds. The largest absolute Gasteiger partial charge is 0.492 e. The minimum atomic E-state index is -0.864. The molecule has 4 nitrogen and oxygen atoms in total. The summed E-state index contributed by atoms with van der Waals surface area (Å²) >= 11 is 0. The molecule has 3 N–H and O–H groups in total. The van der Waals surface area contributed by atoms with Gasteiger partial charge in [0.15, 0.2) is 0 Å². The van der Waals surface area contributed by atoms with Gasteiger partial charge in [-0.2, -0.15) is 0 Å². The number of benzene rings is 1. The second-order valence-corrected chi connectivity index (χ2v) is 4.70. The van der Waals surface area contributed by atoms with E-state index in [9.17, 15) is 4.79 Å². The summed E-state index contributed by atoms with van der Waals surface area (Å²) in [5.41, 5.74) is 6.73. The number of hydrogen-bond donors (Lipinski definition) is 2. The van der Waals surface area contributed by atoms with Crippen LogP contribution >= 0.6 is 0 Å². The van der Waals surface area contributed by atoms with E-state index in [-0.39, 0.29) is 5.92 Å². The van der Waals surface area contributed by atoms with Crippen LogP contribution in [0.1, 0.15) is 19.4 Å². The van der Waals surface area contributed by atoms with E-state index < -0.39 is 5.97 Å². The molecule has 0 saturated heterocycles. The van der Waals surface area contributed by atoms with Crippen LogP contribution in [0, 0.1) is 5.92 Å². The normalized spacial score (nSPS) is 11.7. The Labute approximate surface area is 113 Å². The maximum atomic E-state index is 11.1. The fraction of sp³-hybridized carbons (Fsp3) is 0.400. The van der Waals surface area contributed by atoms with Crippen molar-refractivity contribution in [3.63, 3.8) is 0 Å². The highest BCUT2D eigenvalue weighted by molar-refractivity contribution is 5.87. The number of nitrogens with two attached hydrogens (primary N) is 1. The molecule has 0 bridgehead atoms.